The molecule has 0 aliphatic rings. The van der Waals surface area contributed by atoms with Gasteiger partial charge in [0.05, 0.1) is 13.2 Å². The van der Waals surface area contributed by atoms with E-state index in [4.69, 9.17) is 4.74 Å². The SMILES string of the molecule is CCNC(=NCC(CO)c1ccccc1)NCCCOCC.I. The molecule has 0 saturated heterocycles. The van der Waals surface area contributed by atoms with E-state index in [1.807, 2.05) is 44.2 Å². The monoisotopic (exact) mass is 435 g/mol. The quantitative estimate of drug-likeness (QED) is 0.229. The Morgan fingerprint density at radius 3 is 2.57 bits per heavy atom. The second-order valence-electron chi connectivity index (χ2n) is 4.99. The van der Waals surface area contributed by atoms with E-state index in [0.717, 1.165) is 44.2 Å². The first-order valence-corrected chi connectivity index (χ1v) is 8.07. The number of benzene rings is 1. The van der Waals surface area contributed by atoms with E-state index >= 15 is 0 Å². The number of aliphatic hydroxyl groups excluding tert-OH is 1. The van der Waals surface area contributed by atoms with Crippen LogP contribution in [-0.4, -0.2) is 50.5 Å². The van der Waals surface area contributed by atoms with Crippen LogP contribution in [0.5, 0.6) is 0 Å². The molecular weight excluding hydrogens is 405 g/mol. The number of hydrogen-bond acceptors (Lipinski definition) is 3. The van der Waals surface area contributed by atoms with Gasteiger partial charge in [0.1, 0.15) is 0 Å². The van der Waals surface area contributed by atoms with Crippen molar-refractivity contribution in [2.24, 2.45) is 4.99 Å². The predicted molar refractivity (Wildman–Crippen MR) is 107 cm³/mol. The van der Waals surface area contributed by atoms with Crippen molar-refractivity contribution < 1.29 is 9.84 Å². The largest absolute Gasteiger partial charge is 0.396 e. The first kappa shape index (κ1) is 22.1. The van der Waals surface area contributed by atoms with E-state index in [0.29, 0.717) is 6.54 Å². The molecule has 0 amide bonds. The standard InChI is InChI=1S/C17H29N3O2.HI/c1-3-18-17(19-11-8-12-22-4-2)20-13-16(14-21)15-9-6-5-7-10-15;/h5-7,9-10,16,21H,3-4,8,11-14H2,1-2H3,(H2,18,19,20);1H. The average Bonchev–Trinajstić information content (AvgIpc) is 2.56. The second kappa shape index (κ2) is 14.7. The van der Waals surface area contributed by atoms with Gasteiger partial charge >= 0.3 is 0 Å². The molecule has 1 aromatic rings. The van der Waals surface area contributed by atoms with Crippen molar-refractivity contribution in [2.75, 3.05) is 39.5 Å². The molecule has 1 unspecified atom stereocenters. The van der Waals surface area contributed by atoms with Crippen molar-refractivity contribution in [1.82, 2.24) is 10.6 Å². The normalized spacial score (nSPS) is 12.4. The zero-order valence-corrected chi connectivity index (χ0v) is 16.5. The van der Waals surface area contributed by atoms with E-state index < -0.39 is 0 Å². The molecule has 0 fully saturated rings. The molecule has 1 rings (SSSR count). The third-order valence-electron chi connectivity index (χ3n) is 3.27. The van der Waals surface area contributed by atoms with Crippen LogP contribution in [0.15, 0.2) is 35.3 Å². The lowest BCUT2D eigenvalue weighted by molar-refractivity contribution is 0.145. The molecule has 0 radical (unpaired) electrons. The van der Waals surface area contributed by atoms with Crippen LogP contribution >= 0.6 is 24.0 Å². The number of nitrogens with one attached hydrogen (secondary N) is 2. The van der Waals surface area contributed by atoms with Crippen molar-refractivity contribution >= 4 is 29.9 Å². The van der Waals surface area contributed by atoms with Gasteiger partial charge in [-0.05, 0) is 25.8 Å². The van der Waals surface area contributed by atoms with E-state index in [9.17, 15) is 5.11 Å². The zero-order chi connectivity index (χ0) is 16.0. The fourth-order valence-corrected chi connectivity index (χ4v) is 2.06. The summed E-state index contributed by atoms with van der Waals surface area (Å²) in [6.45, 7) is 7.83. The summed E-state index contributed by atoms with van der Waals surface area (Å²) in [5, 5.41) is 16.1. The maximum Gasteiger partial charge on any atom is 0.191 e. The molecule has 132 valence electrons. The number of rotatable bonds is 10. The van der Waals surface area contributed by atoms with Crippen LogP contribution in [0, 0.1) is 0 Å². The second-order valence-corrected chi connectivity index (χ2v) is 4.99. The molecule has 23 heavy (non-hydrogen) atoms. The van der Waals surface area contributed by atoms with Crippen LogP contribution in [0.2, 0.25) is 0 Å². The van der Waals surface area contributed by atoms with Crippen molar-refractivity contribution in [2.45, 2.75) is 26.2 Å². The lowest BCUT2D eigenvalue weighted by Crippen LogP contribution is -2.38. The number of aliphatic hydroxyl groups is 1. The van der Waals surface area contributed by atoms with E-state index in [1.54, 1.807) is 0 Å². The molecule has 0 aliphatic carbocycles. The highest BCUT2D eigenvalue weighted by atomic mass is 127. The highest BCUT2D eigenvalue weighted by Gasteiger charge is 2.09. The summed E-state index contributed by atoms with van der Waals surface area (Å²) in [4.78, 5) is 4.57. The van der Waals surface area contributed by atoms with Gasteiger partial charge in [-0.25, -0.2) is 0 Å². The van der Waals surface area contributed by atoms with Crippen LogP contribution in [0.3, 0.4) is 0 Å². The van der Waals surface area contributed by atoms with Crippen LogP contribution in [-0.2, 0) is 4.74 Å². The van der Waals surface area contributed by atoms with Gasteiger partial charge in [-0.1, -0.05) is 30.3 Å². The molecule has 5 nitrogen and oxygen atoms in total. The summed E-state index contributed by atoms with van der Waals surface area (Å²) < 4.78 is 5.32. The van der Waals surface area contributed by atoms with Gasteiger partial charge < -0.3 is 20.5 Å². The van der Waals surface area contributed by atoms with Crippen LogP contribution in [0.1, 0.15) is 31.7 Å². The van der Waals surface area contributed by atoms with E-state index in [-0.39, 0.29) is 36.5 Å². The fourth-order valence-electron chi connectivity index (χ4n) is 2.06. The Morgan fingerprint density at radius 2 is 1.96 bits per heavy atom. The summed E-state index contributed by atoms with van der Waals surface area (Å²) in [6.07, 6.45) is 0.945. The molecule has 3 N–H and O–H groups in total. The van der Waals surface area contributed by atoms with Crippen molar-refractivity contribution in [3.63, 3.8) is 0 Å². The maximum atomic E-state index is 9.57. The topological polar surface area (TPSA) is 65.9 Å². The Morgan fingerprint density at radius 1 is 1.22 bits per heavy atom. The summed E-state index contributed by atoms with van der Waals surface area (Å²) in [5.41, 5.74) is 1.11. The molecule has 1 atom stereocenters. The third kappa shape index (κ3) is 9.78. The summed E-state index contributed by atoms with van der Waals surface area (Å²) >= 11 is 0. The number of halogens is 1. The molecule has 0 bridgehead atoms. The van der Waals surface area contributed by atoms with Crippen LogP contribution in [0.4, 0.5) is 0 Å². The summed E-state index contributed by atoms with van der Waals surface area (Å²) in [6, 6.07) is 10.0. The van der Waals surface area contributed by atoms with E-state index in [1.165, 1.54) is 0 Å². The number of guanidine groups is 1. The molecule has 0 aliphatic heterocycles. The molecular formula is C17H30IN3O2. The predicted octanol–water partition coefficient (Wildman–Crippen LogP) is 2.36. The molecule has 6 heteroatoms. The Kier molecular flexibility index (Phi) is 14.2. The van der Waals surface area contributed by atoms with E-state index in [2.05, 4.69) is 15.6 Å². The van der Waals surface area contributed by atoms with Crippen molar-refractivity contribution in [1.29, 1.82) is 0 Å². The molecule has 0 aromatic heterocycles. The number of ether oxygens (including phenoxy) is 1. The van der Waals surface area contributed by atoms with Gasteiger partial charge in [0.15, 0.2) is 5.96 Å². The highest BCUT2D eigenvalue weighted by Crippen LogP contribution is 2.14. The Balaban J connectivity index is 0.00000484. The third-order valence-corrected chi connectivity index (χ3v) is 3.27. The fraction of sp³-hybridized carbons (Fsp3) is 0.588. The summed E-state index contributed by atoms with van der Waals surface area (Å²) in [5.74, 6) is 0.813. The number of aliphatic imine (C=N–C) groups is 1. The zero-order valence-electron chi connectivity index (χ0n) is 14.1. The number of hydrogen-bond donors (Lipinski definition) is 3. The molecule has 0 spiro atoms. The summed E-state index contributed by atoms with van der Waals surface area (Å²) in [7, 11) is 0. The number of nitrogens with zero attached hydrogens (tertiary/aromatic N) is 1. The van der Waals surface area contributed by atoms with Crippen molar-refractivity contribution in [3.8, 4) is 0 Å². The van der Waals surface area contributed by atoms with Crippen molar-refractivity contribution in [3.05, 3.63) is 35.9 Å². The Bertz CT molecular complexity index is 416. The minimum absolute atomic E-state index is 0. The minimum atomic E-state index is 0. The Hall–Kier alpha value is -0.860. The lowest BCUT2D eigenvalue weighted by atomic mass is 10.0. The first-order chi connectivity index (χ1) is 10.8. The van der Waals surface area contributed by atoms with Gasteiger partial charge in [-0.3, -0.25) is 4.99 Å². The van der Waals surface area contributed by atoms with Gasteiger partial charge in [-0.15, -0.1) is 24.0 Å². The first-order valence-electron chi connectivity index (χ1n) is 8.07. The molecule has 0 saturated carbocycles. The van der Waals surface area contributed by atoms with Crippen LogP contribution in [0.25, 0.3) is 0 Å². The Labute approximate surface area is 156 Å². The van der Waals surface area contributed by atoms with Gasteiger partial charge in [0.2, 0.25) is 0 Å². The molecule has 1 aromatic carbocycles. The maximum absolute atomic E-state index is 9.57. The minimum Gasteiger partial charge on any atom is -0.396 e. The van der Waals surface area contributed by atoms with Crippen LogP contribution < -0.4 is 10.6 Å². The average molecular weight is 435 g/mol. The molecule has 0 heterocycles. The highest BCUT2D eigenvalue weighted by molar-refractivity contribution is 14.0. The van der Waals surface area contributed by atoms with Gasteiger partial charge in [0.25, 0.3) is 0 Å². The smallest absolute Gasteiger partial charge is 0.191 e. The lowest BCUT2D eigenvalue weighted by Gasteiger charge is -2.15. The van der Waals surface area contributed by atoms with Gasteiger partial charge in [0, 0.05) is 32.2 Å². The van der Waals surface area contributed by atoms with Gasteiger partial charge in [-0.2, -0.15) is 0 Å².